The van der Waals surface area contributed by atoms with Crippen LogP contribution in [-0.2, 0) is 4.74 Å². The van der Waals surface area contributed by atoms with Gasteiger partial charge in [-0.2, -0.15) is 0 Å². The van der Waals surface area contributed by atoms with Crippen molar-refractivity contribution in [1.29, 1.82) is 0 Å². The first-order valence-corrected chi connectivity index (χ1v) is 6.41. The van der Waals surface area contributed by atoms with Crippen molar-refractivity contribution < 1.29 is 13.9 Å². The highest BCUT2D eigenvalue weighted by Crippen LogP contribution is 2.13. The number of ether oxygens (including phenoxy) is 1. The molecule has 106 valence electrons. The van der Waals surface area contributed by atoms with Crippen molar-refractivity contribution in [3.05, 3.63) is 29.6 Å². The topological polar surface area (TPSA) is 50.4 Å². The zero-order valence-corrected chi connectivity index (χ0v) is 11.6. The first-order valence-electron chi connectivity index (χ1n) is 6.41. The molecule has 5 heteroatoms. The van der Waals surface area contributed by atoms with Crippen molar-refractivity contribution in [2.75, 3.05) is 18.5 Å². The number of amides is 2. The molecule has 0 aromatic heterocycles. The highest BCUT2D eigenvalue weighted by molar-refractivity contribution is 5.89. The van der Waals surface area contributed by atoms with Gasteiger partial charge in [0.15, 0.2) is 0 Å². The molecule has 4 nitrogen and oxygen atoms in total. The lowest BCUT2D eigenvalue weighted by Gasteiger charge is -2.09. The quantitative estimate of drug-likeness (QED) is 0.779. The fourth-order valence-electron chi connectivity index (χ4n) is 1.44. The maximum Gasteiger partial charge on any atom is 0.319 e. The van der Waals surface area contributed by atoms with Crippen LogP contribution in [-0.4, -0.2) is 25.3 Å². The summed E-state index contributed by atoms with van der Waals surface area (Å²) in [6.45, 7) is 6.73. The Hall–Kier alpha value is -1.62. The Morgan fingerprint density at radius 3 is 2.79 bits per heavy atom. The zero-order chi connectivity index (χ0) is 14.3. The second-order valence-corrected chi connectivity index (χ2v) is 4.62. The van der Waals surface area contributed by atoms with E-state index in [1.807, 2.05) is 13.8 Å². The maximum absolute atomic E-state index is 13.3. The van der Waals surface area contributed by atoms with Gasteiger partial charge in [0.1, 0.15) is 5.82 Å². The molecule has 0 saturated carbocycles. The van der Waals surface area contributed by atoms with E-state index in [0.717, 1.165) is 6.42 Å². The molecule has 2 N–H and O–H groups in total. The lowest BCUT2D eigenvalue weighted by atomic mass is 10.2. The number of carbonyl (C=O) groups excluding carboxylic acids is 1. The van der Waals surface area contributed by atoms with E-state index in [1.54, 1.807) is 19.1 Å². The molecule has 0 unspecified atom stereocenters. The molecule has 0 aliphatic carbocycles. The first-order chi connectivity index (χ1) is 8.99. The third-order valence-corrected chi connectivity index (χ3v) is 2.49. The second kappa shape index (κ2) is 7.74. The minimum Gasteiger partial charge on any atom is -0.379 e. The minimum absolute atomic E-state index is 0.198. The average Bonchev–Trinajstić information content (AvgIpc) is 2.33. The van der Waals surface area contributed by atoms with Crippen molar-refractivity contribution in [3.8, 4) is 0 Å². The monoisotopic (exact) mass is 268 g/mol. The summed E-state index contributed by atoms with van der Waals surface area (Å²) in [6, 6.07) is 4.26. The Balaban J connectivity index is 2.25. The molecule has 1 aromatic rings. The molecule has 0 aliphatic heterocycles. The molecule has 0 atom stereocenters. The van der Waals surface area contributed by atoms with E-state index >= 15 is 0 Å². The third-order valence-electron chi connectivity index (χ3n) is 2.49. The average molecular weight is 268 g/mol. The molecule has 0 aliphatic rings. The van der Waals surface area contributed by atoms with E-state index in [4.69, 9.17) is 4.74 Å². The van der Waals surface area contributed by atoms with Crippen LogP contribution in [0.2, 0.25) is 0 Å². The van der Waals surface area contributed by atoms with Crippen molar-refractivity contribution in [2.24, 2.45) is 0 Å². The largest absolute Gasteiger partial charge is 0.379 e. The number of nitrogens with one attached hydrogen (secondary N) is 2. The van der Waals surface area contributed by atoms with Crippen molar-refractivity contribution in [2.45, 2.75) is 33.3 Å². The molecule has 0 radical (unpaired) electrons. The van der Waals surface area contributed by atoms with Crippen LogP contribution in [0.4, 0.5) is 14.9 Å². The van der Waals surface area contributed by atoms with Crippen LogP contribution in [0.5, 0.6) is 0 Å². The summed E-state index contributed by atoms with van der Waals surface area (Å²) in [5.74, 6) is -0.330. The molecule has 0 heterocycles. The molecular weight excluding hydrogens is 247 g/mol. The van der Waals surface area contributed by atoms with E-state index in [1.165, 1.54) is 6.07 Å². The van der Waals surface area contributed by atoms with Crippen LogP contribution in [0.15, 0.2) is 18.2 Å². The summed E-state index contributed by atoms with van der Waals surface area (Å²) < 4.78 is 18.6. The van der Waals surface area contributed by atoms with Gasteiger partial charge in [-0.1, -0.05) is 6.07 Å². The van der Waals surface area contributed by atoms with Crippen LogP contribution in [0.3, 0.4) is 0 Å². The summed E-state index contributed by atoms with van der Waals surface area (Å²) in [5, 5.41) is 5.27. The lowest BCUT2D eigenvalue weighted by Crippen LogP contribution is -2.30. The number of halogens is 1. The van der Waals surface area contributed by atoms with Gasteiger partial charge >= 0.3 is 6.03 Å². The standard InChI is InChI=1S/C14H21FN2O2/c1-10(2)19-8-4-7-16-14(18)17-12-6-5-11(3)13(15)9-12/h5-6,9-10H,4,7-8H2,1-3H3,(H2,16,17,18). The summed E-state index contributed by atoms with van der Waals surface area (Å²) in [5.41, 5.74) is 0.996. The number of urea groups is 1. The van der Waals surface area contributed by atoms with Crippen LogP contribution in [0.1, 0.15) is 25.8 Å². The third kappa shape index (κ3) is 6.20. The lowest BCUT2D eigenvalue weighted by molar-refractivity contribution is 0.0775. The molecular formula is C14H21FN2O2. The molecule has 1 aromatic carbocycles. The Bertz CT molecular complexity index is 422. The van der Waals surface area contributed by atoms with Gasteiger partial charge in [0, 0.05) is 18.8 Å². The number of aryl methyl sites for hydroxylation is 1. The van der Waals surface area contributed by atoms with Crippen molar-refractivity contribution >= 4 is 11.7 Å². The predicted octanol–water partition coefficient (Wildman–Crippen LogP) is 3.07. The van der Waals surface area contributed by atoms with Crippen LogP contribution < -0.4 is 10.6 Å². The number of benzene rings is 1. The highest BCUT2D eigenvalue weighted by Gasteiger charge is 2.03. The van der Waals surface area contributed by atoms with Gasteiger partial charge in [-0.25, -0.2) is 9.18 Å². The number of hydrogen-bond donors (Lipinski definition) is 2. The Kier molecular flexibility index (Phi) is 6.29. The smallest absolute Gasteiger partial charge is 0.319 e. The Labute approximate surface area is 113 Å². The van der Waals surface area contributed by atoms with Crippen molar-refractivity contribution in [3.63, 3.8) is 0 Å². The Morgan fingerprint density at radius 2 is 2.16 bits per heavy atom. The van der Waals surface area contributed by atoms with Gasteiger partial charge in [0.05, 0.1) is 6.10 Å². The van der Waals surface area contributed by atoms with Gasteiger partial charge in [-0.05, 0) is 44.9 Å². The Morgan fingerprint density at radius 1 is 1.42 bits per heavy atom. The maximum atomic E-state index is 13.3. The molecule has 0 spiro atoms. The van der Waals surface area contributed by atoms with Crippen LogP contribution in [0.25, 0.3) is 0 Å². The molecule has 19 heavy (non-hydrogen) atoms. The fraction of sp³-hybridized carbons (Fsp3) is 0.500. The predicted molar refractivity (Wildman–Crippen MR) is 73.9 cm³/mol. The normalized spacial score (nSPS) is 10.6. The van der Waals surface area contributed by atoms with Crippen LogP contribution >= 0.6 is 0 Å². The number of anilines is 1. The summed E-state index contributed by atoms with van der Waals surface area (Å²) >= 11 is 0. The molecule has 2 amide bonds. The summed E-state index contributed by atoms with van der Waals surface area (Å²) in [6.07, 6.45) is 0.942. The van der Waals surface area contributed by atoms with E-state index in [2.05, 4.69) is 10.6 Å². The molecule has 0 saturated heterocycles. The van der Waals surface area contributed by atoms with Crippen LogP contribution in [0, 0.1) is 12.7 Å². The molecule has 1 rings (SSSR count). The summed E-state index contributed by atoms with van der Waals surface area (Å²) in [4.78, 5) is 11.5. The van der Waals surface area contributed by atoms with Gasteiger partial charge in [0.2, 0.25) is 0 Å². The zero-order valence-electron chi connectivity index (χ0n) is 11.6. The molecule has 0 bridgehead atoms. The highest BCUT2D eigenvalue weighted by atomic mass is 19.1. The van der Waals surface area contributed by atoms with E-state index < -0.39 is 0 Å². The van der Waals surface area contributed by atoms with E-state index in [-0.39, 0.29) is 18.0 Å². The van der Waals surface area contributed by atoms with E-state index in [0.29, 0.717) is 24.4 Å². The fourth-order valence-corrected chi connectivity index (χ4v) is 1.44. The second-order valence-electron chi connectivity index (χ2n) is 4.62. The molecule has 0 fully saturated rings. The first kappa shape index (κ1) is 15.4. The summed E-state index contributed by atoms with van der Waals surface area (Å²) in [7, 11) is 0. The number of carbonyl (C=O) groups is 1. The van der Waals surface area contributed by atoms with Gasteiger partial charge in [-0.3, -0.25) is 0 Å². The number of hydrogen-bond acceptors (Lipinski definition) is 2. The number of rotatable bonds is 6. The van der Waals surface area contributed by atoms with Gasteiger partial charge in [0.25, 0.3) is 0 Å². The van der Waals surface area contributed by atoms with Crippen molar-refractivity contribution in [1.82, 2.24) is 5.32 Å². The van der Waals surface area contributed by atoms with Gasteiger partial charge < -0.3 is 15.4 Å². The van der Waals surface area contributed by atoms with Gasteiger partial charge in [-0.15, -0.1) is 0 Å². The minimum atomic E-state index is -0.340. The van der Waals surface area contributed by atoms with E-state index in [9.17, 15) is 9.18 Å². The SMILES string of the molecule is Cc1ccc(NC(=O)NCCCOC(C)C)cc1F.